The second kappa shape index (κ2) is 6.55. The molecule has 1 saturated heterocycles. The first-order valence-corrected chi connectivity index (χ1v) is 7.24. The van der Waals surface area contributed by atoms with Gasteiger partial charge in [-0.2, -0.15) is 0 Å². The lowest BCUT2D eigenvalue weighted by molar-refractivity contribution is -0.137. The standard InChI is InChI=1S/C15H29NO2/c1-12(7-9-15(2,3)4)16-10-8-13(11-16)5-6-14(17)18/h12-13H,5-11H2,1-4H3,(H,17,18). The molecule has 1 aliphatic rings. The maximum absolute atomic E-state index is 10.6. The molecule has 1 rings (SSSR count). The molecular weight excluding hydrogens is 226 g/mol. The van der Waals surface area contributed by atoms with Crippen LogP contribution < -0.4 is 0 Å². The molecule has 3 nitrogen and oxygen atoms in total. The number of carboxylic acids is 1. The first-order chi connectivity index (χ1) is 8.28. The van der Waals surface area contributed by atoms with Gasteiger partial charge in [0.25, 0.3) is 0 Å². The number of hydrogen-bond acceptors (Lipinski definition) is 2. The number of aliphatic carboxylic acids is 1. The average Bonchev–Trinajstić information content (AvgIpc) is 2.70. The lowest BCUT2D eigenvalue weighted by atomic mass is 9.89. The largest absolute Gasteiger partial charge is 0.481 e. The number of hydrogen-bond donors (Lipinski definition) is 1. The van der Waals surface area contributed by atoms with Crippen LogP contribution in [0.4, 0.5) is 0 Å². The minimum Gasteiger partial charge on any atom is -0.481 e. The number of carbonyl (C=O) groups is 1. The molecule has 106 valence electrons. The smallest absolute Gasteiger partial charge is 0.303 e. The summed E-state index contributed by atoms with van der Waals surface area (Å²) in [5.74, 6) is -0.0626. The van der Waals surface area contributed by atoms with Gasteiger partial charge < -0.3 is 10.0 Å². The van der Waals surface area contributed by atoms with Crippen LogP contribution in [-0.4, -0.2) is 35.1 Å². The normalized spacial score (nSPS) is 23.2. The first kappa shape index (κ1) is 15.5. The molecule has 1 aliphatic heterocycles. The average molecular weight is 255 g/mol. The molecule has 1 N–H and O–H groups in total. The van der Waals surface area contributed by atoms with E-state index < -0.39 is 5.97 Å². The number of rotatable bonds is 6. The Bertz CT molecular complexity index is 270. The highest BCUT2D eigenvalue weighted by Crippen LogP contribution is 2.27. The molecule has 2 unspecified atom stereocenters. The van der Waals surface area contributed by atoms with Crippen molar-refractivity contribution in [1.82, 2.24) is 4.90 Å². The van der Waals surface area contributed by atoms with E-state index in [0.717, 1.165) is 19.5 Å². The summed E-state index contributed by atoms with van der Waals surface area (Å²) in [6, 6.07) is 0.638. The molecule has 0 aromatic carbocycles. The van der Waals surface area contributed by atoms with Crippen molar-refractivity contribution in [2.75, 3.05) is 13.1 Å². The first-order valence-electron chi connectivity index (χ1n) is 7.24. The maximum atomic E-state index is 10.6. The third kappa shape index (κ3) is 5.85. The van der Waals surface area contributed by atoms with Crippen LogP contribution in [0.5, 0.6) is 0 Å². The van der Waals surface area contributed by atoms with E-state index in [9.17, 15) is 4.79 Å². The summed E-state index contributed by atoms with van der Waals surface area (Å²) in [5, 5.41) is 8.71. The lowest BCUT2D eigenvalue weighted by Crippen LogP contribution is -2.31. The summed E-state index contributed by atoms with van der Waals surface area (Å²) in [6.45, 7) is 11.4. The summed E-state index contributed by atoms with van der Waals surface area (Å²) in [5.41, 5.74) is 0.413. The molecule has 3 heteroatoms. The van der Waals surface area contributed by atoms with E-state index in [4.69, 9.17) is 5.11 Å². The molecule has 0 spiro atoms. The van der Waals surface area contributed by atoms with Crippen molar-refractivity contribution < 1.29 is 9.90 Å². The topological polar surface area (TPSA) is 40.5 Å². The summed E-state index contributed by atoms with van der Waals surface area (Å²) < 4.78 is 0. The van der Waals surface area contributed by atoms with Crippen LogP contribution in [0.2, 0.25) is 0 Å². The third-order valence-electron chi connectivity index (χ3n) is 4.02. The summed E-state index contributed by atoms with van der Waals surface area (Å²) >= 11 is 0. The van der Waals surface area contributed by atoms with Gasteiger partial charge in [-0.25, -0.2) is 0 Å². The van der Waals surface area contributed by atoms with Crippen molar-refractivity contribution in [1.29, 1.82) is 0 Å². The van der Waals surface area contributed by atoms with Gasteiger partial charge in [-0.05, 0) is 50.5 Å². The lowest BCUT2D eigenvalue weighted by Gasteiger charge is -2.27. The van der Waals surface area contributed by atoms with Crippen molar-refractivity contribution in [3.05, 3.63) is 0 Å². The van der Waals surface area contributed by atoms with Gasteiger partial charge in [0.1, 0.15) is 0 Å². The summed E-state index contributed by atoms with van der Waals surface area (Å²) in [6.07, 6.45) is 4.85. The SMILES string of the molecule is CC(CCC(C)(C)C)N1CCC(CCC(=O)O)C1. The fourth-order valence-electron chi connectivity index (χ4n) is 2.65. The Balaban J connectivity index is 2.26. The van der Waals surface area contributed by atoms with Crippen LogP contribution in [0.15, 0.2) is 0 Å². The zero-order chi connectivity index (χ0) is 13.8. The molecule has 1 heterocycles. The Morgan fingerprint density at radius 3 is 2.67 bits per heavy atom. The zero-order valence-corrected chi connectivity index (χ0v) is 12.4. The second-order valence-corrected chi connectivity index (χ2v) is 7.03. The Kier molecular flexibility index (Phi) is 5.64. The zero-order valence-electron chi connectivity index (χ0n) is 12.4. The second-order valence-electron chi connectivity index (χ2n) is 7.03. The highest BCUT2D eigenvalue weighted by molar-refractivity contribution is 5.66. The highest BCUT2D eigenvalue weighted by Gasteiger charge is 2.26. The van der Waals surface area contributed by atoms with E-state index in [-0.39, 0.29) is 0 Å². The van der Waals surface area contributed by atoms with Crippen molar-refractivity contribution in [3.8, 4) is 0 Å². The maximum Gasteiger partial charge on any atom is 0.303 e. The quantitative estimate of drug-likeness (QED) is 0.791. The van der Waals surface area contributed by atoms with Crippen LogP contribution >= 0.6 is 0 Å². The van der Waals surface area contributed by atoms with Gasteiger partial charge in [-0.1, -0.05) is 20.8 Å². The molecular formula is C15H29NO2. The predicted octanol–water partition coefficient (Wildman–Crippen LogP) is 3.39. The monoisotopic (exact) mass is 255 g/mol. The van der Waals surface area contributed by atoms with E-state index >= 15 is 0 Å². The van der Waals surface area contributed by atoms with Crippen LogP contribution in [0.1, 0.15) is 59.8 Å². The van der Waals surface area contributed by atoms with E-state index in [2.05, 4.69) is 32.6 Å². The van der Waals surface area contributed by atoms with Gasteiger partial charge >= 0.3 is 5.97 Å². The molecule has 0 radical (unpaired) electrons. The van der Waals surface area contributed by atoms with Gasteiger partial charge in [0.05, 0.1) is 0 Å². The highest BCUT2D eigenvalue weighted by atomic mass is 16.4. The molecule has 0 amide bonds. The van der Waals surface area contributed by atoms with Crippen molar-refractivity contribution in [2.45, 2.75) is 65.8 Å². The van der Waals surface area contributed by atoms with Crippen LogP contribution in [-0.2, 0) is 4.79 Å². The number of nitrogens with zero attached hydrogens (tertiary/aromatic N) is 1. The Morgan fingerprint density at radius 2 is 2.11 bits per heavy atom. The Morgan fingerprint density at radius 1 is 1.44 bits per heavy atom. The number of likely N-dealkylation sites (tertiary alicyclic amines) is 1. The fourth-order valence-corrected chi connectivity index (χ4v) is 2.65. The van der Waals surface area contributed by atoms with Crippen molar-refractivity contribution in [3.63, 3.8) is 0 Å². The van der Waals surface area contributed by atoms with Gasteiger partial charge in [-0.3, -0.25) is 4.79 Å². The minimum absolute atomic E-state index is 0.328. The van der Waals surface area contributed by atoms with Gasteiger partial charge in [0.15, 0.2) is 0 Å². The minimum atomic E-state index is -0.658. The molecule has 0 aliphatic carbocycles. The molecule has 18 heavy (non-hydrogen) atoms. The third-order valence-corrected chi connectivity index (χ3v) is 4.02. The Labute approximate surface area is 112 Å². The van der Waals surface area contributed by atoms with Crippen LogP contribution in [0.3, 0.4) is 0 Å². The fraction of sp³-hybridized carbons (Fsp3) is 0.933. The molecule has 1 fully saturated rings. The van der Waals surface area contributed by atoms with E-state index in [1.54, 1.807) is 0 Å². The van der Waals surface area contributed by atoms with Gasteiger partial charge in [0.2, 0.25) is 0 Å². The van der Waals surface area contributed by atoms with E-state index in [1.165, 1.54) is 19.3 Å². The predicted molar refractivity (Wildman–Crippen MR) is 74.7 cm³/mol. The molecule has 0 saturated carbocycles. The van der Waals surface area contributed by atoms with Crippen molar-refractivity contribution >= 4 is 5.97 Å². The van der Waals surface area contributed by atoms with Crippen LogP contribution in [0, 0.1) is 11.3 Å². The molecule has 0 aromatic rings. The van der Waals surface area contributed by atoms with Gasteiger partial charge in [-0.15, -0.1) is 0 Å². The van der Waals surface area contributed by atoms with E-state index in [1.807, 2.05) is 0 Å². The van der Waals surface area contributed by atoms with Crippen molar-refractivity contribution in [2.24, 2.45) is 11.3 Å². The Hall–Kier alpha value is -0.570. The van der Waals surface area contributed by atoms with Crippen LogP contribution in [0.25, 0.3) is 0 Å². The summed E-state index contributed by atoms with van der Waals surface area (Å²) in [4.78, 5) is 13.1. The number of carboxylic acid groups (broad SMARTS) is 1. The molecule has 0 bridgehead atoms. The van der Waals surface area contributed by atoms with E-state index in [0.29, 0.717) is 23.8 Å². The summed E-state index contributed by atoms with van der Waals surface area (Å²) in [7, 11) is 0. The van der Waals surface area contributed by atoms with Gasteiger partial charge in [0, 0.05) is 19.0 Å². The molecule has 0 aromatic heterocycles. The molecule has 2 atom stereocenters.